The summed E-state index contributed by atoms with van der Waals surface area (Å²) >= 11 is 0. The normalized spacial score (nSPS) is 10.8. The molecule has 2 aromatic carbocycles. The van der Waals surface area contributed by atoms with Crippen molar-refractivity contribution in [2.24, 2.45) is 0 Å². The van der Waals surface area contributed by atoms with Gasteiger partial charge in [0.2, 0.25) is 0 Å². The number of aryl methyl sites for hydroxylation is 1. The van der Waals surface area contributed by atoms with Crippen LogP contribution in [-0.4, -0.2) is 24.3 Å². The van der Waals surface area contributed by atoms with Gasteiger partial charge in [-0.05, 0) is 41.8 Å². The van der Waals surface area contributed by atoms with Crippen molar-refractivity contribution in [2.45, 2.75) is 26.2 Å². The van der Waals surface area contributed by atoms with Crippen molar-refractivity contribution in [1.82, 2.24) is 0 Å². The molecule has 2 aromatic rings. The van der Waals surface area contributed by atoms with E-state index in [2.05, 4.69) is 13.0 Å². The first-order valence-corrected chi connectivity index (χ1v) is 8.53. The summed E-state index contributed by atoms with van der Waals surface area (Å²) in [5.41, 5.74) is 2.07. The van der Waals surface area contributed by atoms with E-state index in [9.17, 15) is 4.79 Å². The van der Waals surface area contributed by atoms with Crippen LogP contribution < -0.4 is 9.47 Å². The van der Waals surface area contributed by atoms with Gasteiger partial charge in [-0.15, -0.1) is 0 Å². The van der Waals surface area contributed by atoms with Crippen LogP contribution in [-0.2, 0) is 11.2 Å². The molecule has 0 amide bonds. The Balaban J connectivity index is 1.72. The van der Waals surface area contributed by atoms with Gasteiger partial charge in [0, 0.05) is 12.5 Å². The lowest BCUT2D eigenvalue weighted by Gasteiger charge is -2.11. The predicted molar refractivity (Wildman–Crippen MR) is 99.2 cm³/mol. The molecule has 0 saturated carbocycles. The standard InChI is InChI=1S/C21H24O4/c1-2-6-18-7-3-4-8-20(18)25-16-5-15-24-19-12-9-17(10-13-19)11-14-21(22)23/h3-4,7-14H,2,5-6,15-16H2,1H3,(H,22,23). The highest BCUT2D eigenvalue weighted by atomic mass is 16.5. The number of hydrogen-bond acceptors (Lipinski definition) is 3. The molecule has 1 N–H and O–H groups in total. The molecule has 0 unspecified atom stereocenters. The molecular weight excluding hydrogens is 316 g/mol. The summed E-state index contributed by atoms with van der Waals surface area (Å²) in [7, 11) is 0. The topological polar surface area (TPSA) is 55.8 Å². The van der Waals surface area contributed by atoms with Crippen LogP contribution >= 0.6 is 0 Å². The Kier molecular flexibility index (Phi) is 7.57. The first-order valence-electron chi connectivity index (χ1n) is 8.53. The van der Waals surface area contributed by atoms with E-state index in [0.29, 0.717) is 13.2 Å². The Morgan fingerprint density at radius 1 is 1.04 bits per heavy atom. The first-order chi connectivity index (χ1) is 12.2. The smallest absolute Gasteiger partial charge is 0.328 e. The maximum absolute atomic E-state index is 10.5. The van der Waals surface area contributed by atoms with Crippen molar-refractivity contribution in [2.75, 3.05) is 13.2 Å². The summed E-state index contributed by atoms with van der Waals surface area (Å²) in [6.07, 6.45) is 5.58. The Labute approximate surface area is 148 Å². The lowest BCUT2D eigenvalue weighted by Crippen LogP contribution is -2.06. The maximum Gasteiger partial charge on any atom is 0.328 e. The van der Waals surface area contributed by atoms with Crippen LogP contribution in [0, 0.1) is 0 Å². The lowest BCUT2D eigenvalue weighted by molar-refractivity contribution is -0.131. The molecule has 132 valence electrons. The zero-order valence-electron chi connectivity index (χ0n) is 14.5. The molecule has 0 radical (unpaired) electrons. The van der Waals surface area contributed by atoms with E-state index < -0.39 is 5.97 Å². The number of ether oxygens (including phenoxy) is 2. The molecule has 0 aliphatic rings. The minimum absolute atomic E-state index is 0.570. The van der Waals surface area contributed by atoms with Crippen molar-refractivity contribution in [1.29, 1.82) is 0 Å². The van der Waals surface area contributed by atoms with Gasteiger partial charge in [-0.1, -0.05) is 43.7 Å². The van der Waals surface area contributed by atoms with Crippen LogP contribution in [0.5, 0.6) is 11.5 Å². The molecule has 0 spiro atoms. The number of carbonyl (C=O) groups is 1. The molecule has 0 aromatic heterocycles. The van der Waals surface area contributed by atoms with Gasteiger partial charge in [-0.3, -0.25) is 0 Å². The zero-order chi connectivity index (χ0) is 17.9. The molecule has 4 heteroatoms. The van der Waals surface area contributed by atoms with Crippen molar-refractivity contribution in [3.8, 4) is 11.5 Å². The van der Waals surface area contributed by atoms with Gasteiger partial charge in [0.25, 0.3) is 0 Å². The second-order valence-electron chi connectivity index (χ2n) is 5.65. The average molecular weight is 340 g/mol. The fourth-order valence-electron chi connectivity index (χ4n) is 2.39. The predicted octanol–water partition coefficient (Wildman–Crippen LogP) is 4.58. The van der Waals surface area contributed by atoms with E-state index in [4.69, 9.17) is 14.6 Å². The van der Waals surface area contributed by atoms with Crippen LogP contribution in [0.15, 0.2) is 54.6 Å². The summed E-state index contributed by atoms with van der Waals surface area (Å²) in [4.78, 5) is 10.5. The first kappa shape index (κ1) is 18.6. The summed E-state index contributed by atoms with van der Waals surface area (Å²) in [5, 5.41) is 8.60. The molecule has 0 atom stereocenters. The van der Waals surface area contributed by atoms with Crippen molar-refractivity contribution >= 4 is 12.0 Å². The largest absolute Gasteiger partial charge is 0.493 e. The van der Waals surface area contributed by atoms with E-state index in [0.717, 1.165) is 42.4 Å². The summed E-state index contributed by atoms with van der Waals surface area (Å²) in [6.45, 7) is 3.34. The van der Waals surface area contributed by atoms with Crippen LogP contribution in [0.1, 0.15) is 30.9 Å². The quantitative estimate of drug-likeness (QED) is 0.508. The monoisotopic (exact) mass is 340 g/mol. The fraction of sp³-hybridized carbons (Fsp3) is 0.286. The molecule has 0 aliphatic heterocycles. The van der Waals surface area contributed by atoms with Crippen molar-refractivity contribution in [3.05, 3.63) is 65.7 Å². The SMILES string of the molecule is CCCc1ccccc1OCCCOc1ccc(C=CC(=O)O)cc1. The number of hydrogen-bond donors (Lipinski definition) is 1. The number of para-hydroxylation sites is 1. The molecular formula is C21H24O4. The number of rotatable bonds is 10. The minimum atomic E-state index is -0.958. The average Bonchev–Trinajstić information content (AvgIpc) is 2.62. The molecule has 0 aliphatic carbocycles. The van der Waals surface area contributed by atoms with E-state index in [-0.39, 0.29) is 0 Å². The summed E-state index contributed by atoms with van der Waals surface area (Å²) < 4.78 is 11.5. The Morgan fingerprint density at radius 2 is 1.76 bits per heavy atom. The van der Waals surface area contributed by atoms with Gasteiger partial charge < -0.3 is 14.6 Å². The van der Waals surface area contributed by atoms with Crippen molar-refractivity contribution in [3.63, 3.8) is 0 Å². The molecule has 2 rings (SSSR count). The third-order valence-corrected chi connectivity index (χ3v) is 3.61. The molecule has 25 heavy (non-hydrogen) atoms. The third-order valence-electron chi connectivity index (χ3n) is 3.61. The minimum Gasteiger partial charge on any atom is -0.493 e. The van der Waals surface area contributed by atoms with Crippen LogP contribution in [0.2, 0.25) is 0 Å². The van der Waals surface area contributed by atoms with Crippen molar-refractivity contribution < 1.29 is 19.4 Å². The molecule has 0 bridgehead atoms. The van der Waals surface area contributed by atoms with Gasteiger partial charge in [-0.2, -0.15) is 0 Å². The zero-order valence-corrected chi connectivity index (χ0v) is 14.5. The van der Waals surface area contributed by atoms with E-state index in [1.807, 2.05) is 42.5 Å². The lowest BCUT2D eigenvalue weighted by atomic mass is 10.1. The highest BCUT2D eigenvalue weighted by Crippen LogP contribution is 2.19. The highest BCUT2D eigenvalue weighted by Gasteiger charge is 2.02. The Bertz CT molecular complexity index is 689. The van der Waals surface area contributed by atoms with E-state index in [1.165, 1.54) is 5.56 Å². The maximum atomic E-state index is 10.5. The number of aliphatic carboxylic acids is 1. The number of carboxylic acid groups (broad SMARTS) is 1. The highest BCUT2D eigenvalue weighted by molar-refractivity contribution is 5.85. The van der Waals surface area contributed by atoms with Gasteiger partial charge in [-0.25, -0.2) is 4.79 Å². The third kappa shape index (κ3) is 6.71. The molecule has 4 nitrogen and oxygen atoms in total. The van der Waals surface area contributed by atoms with Gasteiger partial charge in [0.15, 0.2) is 0 Å². The van der Waals surface area contributed by atoms with E-state index >= 15 is 0 Å². The van der Waals surface area contributed by atoms with Crippen LogP contribution in [0.3, 0.4) is 0 Å². The van der Waals surface area contributed by atoms with Crippen LogP contribution in [0.4, 0.5) is 0 Å². The summed E-state index contributed by atoms with van der Waals surface area (Å²) in [5.74, 6) is 0.763. The number of carboxylic acids is 1. The Hall–Kier alpha value is -2.75. The second kappa shape index (κ2) is 10.2. The molecule has 0 fully saturated rings. The van der Waals surface area contributed by atoms with E-state index in [1.54, 1.807) is 6.08 Å². The summed E-state index contributed by atoms with van der Waals surface area (Å²) in [6, 6.07) is 15.5. The van der Waals surface area contributed by atoms with Gasteiger partial charge >= 0.3 is 5.97 Å². The second-order valence-corrected chi connectivity index (χ2v) is 5.65. The number of benzene rings is 2. The van der Waals surface area contributed by atoms with Gasteiger partial charge in [0.1, 0.15) is 11.5 Å². The molecule has 0 heterocycles. The molecule has 0 saturated heterocycles. The Morgan fingerprint density at radius 3 is 2.48 bits per heavy atom. The van der Waals surface area contributed by atoms with Gasteiger partial charge in [0.05, 0.1) is 13.2 Å². The van der Waals surface area contributed by atoms with Crippen LogP contribution in [0.25, 0.3) is 6.08 Å². The fourth-order valence-corrected chi connectivity index (χ4v) is 2.39.